The summed E-state index contributed by atoms with van der Waals surface area (Å²) in [6.07, 6.45) is 3.04. The van der Waals surface area contributed by atoms with Crippen molar-refractivity contribution >= 4 is 11.8 Å². The zero-order chi connectivity index (χ0) is 11.3. The maximum absolute atomic E-state index is 11.3. The van der Waals surface area contributed by atoms with Crippen LogP contribution in [0.5, 0.6) is 0 Å². The Morgan fingerprint density at radius 3 is 2.80 bits per heavy atom. The Bertz CT molecular complexity index is 243. The highest BCUT2D eigenvalue weighted by Gasteiger charge is 2.29. The van der Waals surface area contributed by atoms with Crippen molar-refractivity contribution in [3.8, 4) is 0 Å². The summed E-state index contributed by atoms with van der Waals surface area (Å²) in [5.41, 5.74) is 5.39. The van der Waals surface area contributed by atoms with Crippen LogP contribution in [-0.2, 0) is 9.59 Å². The summed E-state index contributed by atoms with van der Waals surface area (Å²) in [6, 6.07) is -0.194. The van der Waals surface area contributed by atoms with Gasteiger partial charge in [0.25, 0.3) is 0 Å². The largest absolute Gasteiger partial charge is 0.330 e. The molecule has 0 spiro atoms. The van der Waals surface area contributed by atoms with Gasteiger partial charge in [-0.05, 0) is 32.9 Å². The number of nitrogens with one attached hydrogen (secondary N) is 1. The smallest absolute Gasteiger partial charge is 0.243 e. The fourth-order valence-electron chi connectivity index (χ4n) is 1.68. The molecule has 0 radical (unpaired) electrons. The lowest BCUT2D eigenvalue weighted by atomic mass is 10.1. The topological polar surface area (TPSA) is 75.4 Å². The maximum Gasteiger partial charge on any atom is 0.243 e. The van der Waals surface area contributed by atoms with Crippen molar-refractivity contribution < 1.29 is 9.59 Å². The normalized spacial score (nSPS) is 22.9. The second-order valence-corrected chi connectivity index (χ2v) is 3.91. The van der Waals surface area contributed by atoms with Crippen LogP contribution in [0.4, 0.5) is 0 Å². The quantitative estimate of drug-likeness (QED) is 0.475. The second-order valence-electron chi connectivity index (χ2n) is 3.91. The first-order valence-corrected chi connectivity index (χ1v) is 5.43. The van der Waals surface area contributed by atoms with Gasteiger partial charge in [-0.2, -0.15) is 0 Å². The van der Waals surface area contributed by atoms with Crippen LogP contribution in [-0.4, -0.2) is 42.4 Å². The molecule has 0 bridgehead atoms. The number of carbonyl (C=O) groups excluding carboxylic acids is 2. The average Bonchev–Trinajstić information content (AvgIpc) is 2.19. The average molecular weight is 213 g/mol. The molecule has 1 unspecified atom stereocenters. The van der Waals surface area contributed by atoms with E-state index in [2.05, 4.69) is 5.32 Å². The molecule has 1 atom stereocenters. The van der Waals surface area contributed by atoms with Crippen LogP contribution < -0.4 is 11.1 Å². The van der Waals surface area contributed by atoms with Gasteiger partial charge in [-0.25, -0.2) is 0 Å². The van der Waals surface area contributed by atoms with Crippen molar-refractivity contribution in [3.05, 3.63) is 0 Å². The zero-order valence-electron chi connectivity index (χ0n) is 9.16. The highest BCUT2D eigenvalue weighted by Crippen LogP contribution is 2.06. The number of nitrogens with two attached hydrogens (primary N) is 1. The molecule has 0 aromatic heterocycles. The molecule has 1 fully saturated rings. The monoisotopic (exact) mass is 213 g/mol. The summed E-state index contributed by atoms with van der Waals surface area (Å²) >= 11 is 0. The van der Waals surface area contributed by atoms with Gasteiger partial charge in [0.15, 0.2) is 0 Å². The van der Waals surface area contributed by atoms with Crippen LogP contribution in [0.25, 0.3) is 0 Å². The van der Waals surface area contributed by atoms with Gasteiger partial charge in [-0.15, -0.1) is 0 Å². The van der Waals surface area contributed by atoms with Crippen molar-refractivity contribution in [2.24, 2.45) is 5.73 Å². The Hall–Kier alpha value is -0.940. The number of unbranched alkanes of at least 4 members (excludes halogenated alkanes) is 2. The Balaban J connectivity index is 2.32. The zero-order valence-corrected chi connectivity index (χ0v) is 9.16. The van der Waals surface area contributed by atoms with E-state index in [1.165, 1.54) is 0 Å². The second kappa shape index (κ2) is 5.82. The summed E-state index contributed by atoms with van der Waals surface area (Å²) in [7, 11) is 0. The molecule has 1 heterocycles. The summed E-state index contributed by atoms with van der Waals surface area (Å²) < 4.78 is 0. The minimum absolute atomic E-state index is 0.190. The van der Waals surface area contributed by atoms with E-state index in [-0.39, 0.29) is 17.9 Å². The molecule has 1 rings (SSSR count). The number of nitrogens with zero attached hydrogens (tertiary/aromatic N) is 1. The molecule has 1 aliphatic heterocycles. The molecule has 5 heteroatoms. The van der Waals surface area contributed by atoms with E-state index in [9.17, 15) is 9.59 Å². The van der Waals surface area contributed by atoms with E-state index in [1.807, 2.05) is 11.8 Å². The van der Waals surface area contributed by atoms with E-state index in [4.69, 9.17) is 5.73 Å². The predicted octanol–water partition coefficient (Wildman–Crippen LogP) is -0.538. The van der Waals surface area contributed by atoms with Crippen molar-refractivity contribution in [3.63, 3.8) is 0 Å². The summed E-state index contributed by atoms with van der Waals surface area (Å²) in [5.74, 6) is -0.387. The minimum Gasteiger partial charge on any atom is -0.330 e. The molecule has 5 nitrogen and oxygen atoms in total. The molecule has 15 heavy (non-hydrogen) atoms. The molecule has 3 N–H and O–H groups in total. The molecular weight excluding hydrogens is 194 g/mol. The molecule has 0 aromatic rings. The van der Waals surface area contributed by atoms with Crippen molar-refractivity contribution in [1.29, 1.82) is 0 Å². The standard InChI is InChI=1S/C10H19N3O2/c1-8-10(15)12-9(14)7-13(8)6-4-2-3-5-11/h8H,2-7,11H2,1H3,(H,12,14,15). The van der Waals surface area contributed by atoms with Crippen LogP contribution in [0.3, 0.4) is 0 Å². The van der Waals surface area contributed by atoms with Gasteiger partial charge in [0.2, 0.25) is 11.8 Å². The Kier molecular flexibility index (Phi) is 4.71. The van der Waals surface area contributed by atoms with Gasteiger partial charge >= 0.3 is 0 Å². The Morgan fingerprint density at radius 2 is 2.13 bits per heavy atom. The SMILES string of the molecule is CC1C(=O)NC(=O)CN1CCCCCN. The van der Waals surface area contributed by atoms with Gasteiger partial charge in [0.1, 0.15) is 0 Å². The van der Waals surface area contributed by atoms with Crippen LogP contribution in [0.1, 0.15) is 26.2 Å². The van der Waals surface area contributed by atoms with Crippen LogP contribution in [0.15, 0.2) is 0 Å². The molecule has 1 saturated heterocycles. The lowest BCUT2D eigenvalue weighted by Gasteiger charge is -2.31. The van der Waals surface area contributed by atoms with Gasteiger partial charge in [-0.1, -0.05) is 6.42 Å². The fraction of sp³-hybridized carbons (Fsp3) is 0.800. The number of piperazine rings is 1. The molecule has 0 saturated carbocycles. The Morgan fingerprint density at radius 1 is 1.40 bits per heavy atom. The predicted molar refractivity (Wildman–Crippen MR) is 57.1 cm³/mol. The summed E-state index contributed by atoms with van der Waals surface area (Å²) in [5, 5.41) is 2.32. The first-order chi connectivity index (χ1) is 7.15. The van der Waals surface area contributed by atoms with Gasteiger partial charge in [0.05, 0.1) is 12.6 Å². The highest BCUT2D eigenvalue weighted by atomic mass is 16.2. The third kappa shape index (κ3) is 3.60. The van der Waals surface area contributed by atoms with Crippen LogP contribution >= 0.6 is 0 Å². The van der Waals surface area contributed by atoms with Crippen LogP contribution in [0, 0.1) is 0 Å². The number of carbonyl (C=O) groups is 2. The van der Waals surface area contributed by atoms with Gasteiger partial charge in [-0.3, -0.25) is 19.8 Å². The highest BCUT2D eigenvalue weighted by molar-refractivity contribution is 6.00. The van der Waals surface area contributed by atoms with E-state index in [0.29, 0.717) is 13.1 Å². The molecule has 0 aliphatic carbocycles. The number of rotatable bonds is 5. The van der Waals surface area contributed by atoms with E-state index >= 15 is 0 Å². The van der Waals surface area contributed by atoms with Crippen LogP contribution in [0.2, 0.25) is 0 Å². The van der Waals surface area contributed by atoms with E-state index < -0.39 is 0 Å². The van der Waals surface area contributed by atoms with Crippen molar-refractivity contribution in [2.45, 2.75) is 32.2 Å². The fourth-order valence-corrected chi connectivity index (χ4v) is 1.68. The van der Waals surface area contributed by atoms with E-state index in [0.717, 1.165) is 25.8 Å². The first-order valence-electron chi connectivity index (χ1n) is 5.43. The Labute approximate surface area is 90.0 Å². The van der Waals surface area contributed by atoms with Gasteiger partial charge < -0.3 is 5.73 Å². The summed E-state index contributed by atoms with van der Waals surface area (Å²) in [4.78, 5) is 24.3. The summed E-state index contributed by atoms with van der Waals surface area (Å²) in [6.45, 7) is 3.65. The van der Waals surface area contributed by atoms with E-state index in [1.54, 1.807) is 0 Å². The number of amides is 2. The third-order valence-electron chi connectivity index (χ3n) is 2.69. The number of hydrogen-bond donors (Lipinski definition) is 2. The van der Waals surface area contributed by atoms with Crippen molar-refractivity contribution in [1.82, 2.24) is 10.2 Å². The molecule has 2 amide bonds. The first kappa shape index (κ1) is 12.1. The molecule has 0 aromatic carbocycles. The lowest BCUT2D eigenvalue weighted by Crippen LogP contribution is -2.56. The molecule has 86 valence electrons. The molecule has 1 aliphatic rings. The van der Waals surface area contributed by atoms with Crippen molar-refractivity contribution in [2.75, 3.05) is 19.6 Å². The third-order valence-corrected chi connectivity index (χ3v) is 2.69. The molecular formula is C10H19N3O2. The number of hydrogen-bond acceptors (Lipinski definition) is 4. The lowest BCUT2D eigenvalue weighted by molar-refractivity contribution is -0.139. The van der Waals surface area contributed by atoms with Gasteiger partial charge in [0, 0.05) is 0 Å². The number of imide groups is 1. The minimum atomic E-state index is -0.197. The maximum atomic E-state index is 11.3.